The van der Waals surface area contributed by atoms with Gasteiger partial charge >= 0.3 is 0 Å². The van der Waals surface area contributed by atoms with Gasteiger partial charge in [-0.2, -0.15) is 0 Å². The minimum atomic E-state index is -0.633. The molecular formula is C19H13Br2ClN2O4S. The molecule has 0 bridgehead atoms. The molecule has 10 heteroatoms. The number of ether oxygens (including phenoxy) is 1. The summed E-state index contributed by atoms with van der Waals surface area (Å²) in [5, 5.41) is 13.0. The minimum absolute atomic E-state index is 0.0361. The van der Waals surface area contributed by atoms with Gasteiger partial charge in [0, 0.05) is 9.50 Å². The summed E-state index contributed by atoms with van der Waals surface area (Å²) in [4.78, 5) is 26.9. The fourth-order valence-corrected chi connectivity index (χ4v) is 4.03. The third-order valence-corrected chi connectivity index (χ3v) is 7.13. The SMILES string of the molecule is COc1cc(/C=C2\C(=O)NC(=S)N(c3cccc(Cl)c3C)C2=O)c(Br)c(Br)c1O. The molecule has 2 aromatic carbocycles. The molecule has 29 heavy (non-hydrogen) atoms. The molecule has 2 aromatic rings. The van der Waals surface area contributed by atoms with Crippen LogP contribution >= 0.6 is 55.7 Å². The second-order valence-corrected chi connectivity index (χ2v) is 8.37. The van der Waals surface area contributed by atoms with Crippen molar-refractivity contribution < 1.29 is 19.4 Å². The van der Waals surface area contributed by atoms with Crippen LogP contribution in [-0.4, -0.2) is 29.1 Å². The van der Waals surface area contributed by atoms with E-state index in [1.807, 2.05) is 0 Å². The van der Waals surface area contributed by atoms with Crippen LogP contribution in [0.3, 0.4) is 0 Å². The minimum Gasteiger partial charge on any atom is -0.503 e. The largest absolute Gasteiger partial charge is 0.503 e. The molecule has 0 aromatic heterocycles. The normalized spacial score (nSPS) is 15.7. The summed E-state index contributed by atoms with van der Waals surface area (Å²) in [5.41, 5.74) is 1.43. The Morgan fingerprint density at radius 3 is 2.62 bits per heavy atom. The predicted molar refractivity (Wildman–Crippen MR) is 122 cm³/mol. The van der Waals surface area contributed by atoms with Crippen molar-refractivity contribution in [1.29, 1.82) is 0 Å². The van der Waals surface area contributed by atoms with Crippen LogP contribution in [0.4, 0.5) is 5.69 Å². The van der Waals surface area contributed by atoms with E-state index in [0.29, 0.717) is 30.8 Å². The van der Waals surface area contributed by atoms with Crippen molar-refractivity contribution in [1.82, 2.24) is 5.32 Å². The van der Waals surface area contributed by atoms with Crippen LogP contribution < -0.4 is 15.0 Å². The zero-order valence-corrected chi connectivity index (χ0v) is 19.8. The lowest BCUT2D eigenvalue weighted by Gasteiger charge is -2.30. The molecule has 1 saturated heterocycles. The second-order valence-electron chi connectivity index (χ2n) is 5.99. The lowest BCUT2D eigenvalue weighted by molar-refractivity contribution is -0.122. The molecule has 2 N–H and O–H groups in total. The monoisotopic (exact) mass is 558 g/mol. The molecule has 0 atom stereocenters. The third kappa shape index (κ3) is 3.92. The number of hydrogen-bond donors (Lipinski definition) is 2. The van der Waals surface area contributed by atoms with Gasteiger partial charge in [0.15, 0.2) is 16.6 Å². The van der Waals surface area contributed by atoms with Crippen LogP contribution in [0.15, 0.2) is 38.8 Å². The Kier molecular flexibility index (Phi) is 6.33. The van der Waals surface area contributed by atoms with E-state index < -0.39 is 11.8 Å². The number of hydrogen-bond acceptors (Lipinski definition) is 5. The molecule has 0 radical (unpaired) electrons. The van der Waals surface area contributed by atoms with Crippen molar-refractivity contribution in [3.05, 3.63) is 54.9 Å². The van der Waals surface area contributed by atoms with Crippen LogP contribution in [0.2, 0.25) is 5.02 Å². The lowest BCUT2D eigenvalue weighted by atomic mass is 10.1. The van der Waals surface area contributed by atoms with Gasteiger partial charge in [-0.15, -0.1) is 0 Å². The molecule has 3 rings (SSSR count). The first-order chi connectivity index (χ1) is 13.7. The number of aromatic hydroxyl groups is 1. The summed E-state index contributed by atoms with van der Waals surface area (Å²) in [6.07, 6.45) is 1.39. The zero-order valence-electron chi connectivity index (χ0n) is 15.0. The Hall–Kier alpha value is -1.94. The number of rotatable bonds is 3. The number of halogens is 3. The predicted octanol–water partition coefficient (Wildman–Crippen LogP) is 4.72. The van der Waals surface area contributed by atoms with Gasteiger partial charge in [-0.3, -0.25) is 19.8 Å². The van der Waals surface area contributed by atoms with E-state index in [1.54, 1.807) is 25.1 Å². The van der Waals surface area contributed by atoms with E-state index in [2.05, 4.69) is 37.2 Å². The van der Waals surface area contributed by atoms with E-state index in [4.69, 9.17) is 28.6 Å². The Labute approximate surface area is 193 Å². The van der Waals surface area contributed by atoms with Crippen molar-refractivity contribution in [3.8, 4) is 11.5 Å². The number of carbonyl (C=O) groups is 2. The van der Waals surface area contributed by atoms with Gasteiger partial charge in [-0.1, -0.05) is 17.7 Å². The van der Waals surface area contributed by atoms with Gasteiger partial charge < -0.3 is 9.84 Å². The molecule has 1 fully saturated rings. The molecule has 0 unspecified atom stereocenters. The number of carbonyl (C=O) groups excluding carboxylic acids is 2. The lowest BCUT2D eigenvalue weighted by Crippen LogP contribution is -2.54. The smallest absolute Gasteiger partial charge is 0.270 e. The molecule has 150 valence electrons. The van der Waals surface area contributed by atoms with Crippen molar-refractivity contribution in [3.63, 3.8) is 0 Å². The number of phenolic OH excluding ortho intramolecular Hbond substituents is 1. The van der Waals surface area contributed by atoms with E-state index >= 15 is 0 Å². The summed E-state index contributed by atoms with van der Waals surface area (Å²) in [5.74, 6) is -1.17. The maximum absolute atomic E-state index is 13.2. The topological polar surface area (TPSA) is 78.9 Å². The van der Waals surface area contributed by atoms with Gasteiger partial charge in [0.2, 0.25) is 0 Å². The summed E-state index contributed by atoms with van der Waals surface area (Å²) in [6, 6.07) is 6.58. The first-order valence-electron chi connectivity index (χ1n) is 8.08. The Bertz CT molecular complexity index is 1100. The van der Waals surface area contributed by atoms with Crippen LogP contribution in [-0.2, 0) is 9.59 Å². The average Bonchev–Trinajstić information content (AvgIpc) is 2.68. The summed E-state index contributed by atoms with van der Waals surface area (Å²) in [6.45, 7) is 1.76. The first kappa shape index (κ1) is 21.8. The average molecular weight is 561 g/mol. The quantitative estimate of drug-likeness (QED) is 0.323. The molecule has 1 aliphatic rings. The van der Waals surface area contributed by atoms with E-state index in [0.717, 1.165) is 0 Å². The molecule has 0 aliphatic carbocycles. The van der Waals surface area contributed by atoms with Crippen molar-refractivity contribution >= 4 is 84.4 Å². The fourth-order valence-electron chi connectivity index (χ4n) is 2.74. The van der Waals surface area contributed by atoms with Gasteiger partial charge in [0.1, 0.15) is 5.57 Å². The van der Waals surface area contributed by atoms with Crippen molar-refractivity contribution in [2.45, 2.75) is 6.92 Å². The third-order valence-electron chi connectivity index (χ3n) is 4.28. The number of anilines is 1. The Morgan fingerprint density at radius 2 is 1.97 bits per heavy atom. The van der Waals surface area contributed by atoms with Gasteiger partial charge in [-0.05, 0) is 86.4 Å². The molecule has 1 heterocycles. The number of benzene rings is 2. The van der Waals surface area contributed by atoms with E-state index in [-0.39, 0.29) is 22.2 Å². The van der Waals surface area contributed by atoms with Crippen LogP contribution in [0.25, 0.3) is 6.08 Å². The summed E-state index contributed by atoms with van der Waals surface area (Å²) in [7, 11) is 1.40. The van der Waals surface area contributed by atoms with Crippen LogP contribution in [0.5, 0.6) is 11.5 Å². The van der Waals surface area contributed by atoms with Crippen LogP contribution in [0.1, 0.15) is 11.1 Å². The number of methoxy groups -OCH3 is 1. The van der Waals surface area contributed by atoms with Gasteiger partial charge in [0.05, 0.1) is 17.3 Å². The van der Waals surface area contributed by atoms with Crippen molar-refractivity contribution in [2.75, 3.05) is 12.0 Å². The van der Waals surface area contributed by atoms with Crippen molar-refractivity contribution in [2.24, 2.45) is 0 Å². The highest BCUT2D eigenvalue weighted by Crippen LogP contribution is 2.42. The maximum Gasteiger partial charge on any atom is 0.270 e. The summed E-state index contributed by atoms with van der Waals surface area (Å²) >= 11 is 18.0. The number of nitrogens with zero attached hydrogens (tertiary/aromatic N) is 1. The second kappa shape index (κ2) is 8.43. The highest BCUT2D eigenvalue weighted by Gasteiger charge is 2.35. The number of thiocarbonyl (C=S) groups is 1. The molecule has 6 nitrogen and oxygen atoms in total. The number of nitrogens with one attached hydrogen (secondary N) is 1. The molecule has 2 amide bonds. The van der Waals surface area contributed by atoms with Gasteiger partial charge in [-0.25, -0.2) is 0 Å². The Morgan fingerprint density at radius 1 is 1.28 bits per heavy atom. The molecule has 0 saturated carbocycles. The maximum atomic E-state index is 13.2. The molecular weight excluding hydrogens is 548 g/mol. The molecule has 0 spiro atoms. The highest BCUT2D eigenvalue weighted by atomic mass is 79.9. The zero-order chi connectivity index (χ0) is 21.5. The van der Waals surface area contributed by atoms with E-state index in [1.165, 1.54) is 24.2 Å². The Balaban J connectivity index is 2.14. The van der Waals surface area contributed by atoms with E-state index in [9.17, 15) is 14.7 Å². The number of amides is 2. The van der Waals surface area contributed by atoms with Gasteiger partial charge in [0.25, 0.3) is 11.8 Å². The summed E-state index contributed by atoms with van der Waals surface area (Å²) < 4.78 is 5.91. The molecule has 1 aliphatic heterocycles. The van der Waals surface area contributed by atoms with Crippen LogP contribution in [0, 0.1) is 6.92 Å². The fraction of sp³-hybridized carbons (Fsp3) is 0.105. The number of phenols is 1. The standard InChI is InChI=1S/C19H13Br2ClN2O4S/c1-8-11(22)4-3-5-12(8)24-18(27)10(17(26)23-19(24)29)6-9-7-13(28-2)16(25)15(21)14(9)20/h3-7,25H,1-2H3,(H,23,26,29)/b10-6+. The highest BCUT2D eigenvalue weighted by molar-refractivity contribution is 9.13. The first-order valence-corrected chi connectivity index (χ1v) is 10.5.